The van der Waals surface area contributed by atoms with Crippen LogP contribution in [0, 0.1) is 0 Å². The molecule has 2 rings (SSSR count). The fourth-order valence-electron chi connectivity index (χ4n) is 2.96. The molecule has 0 fully saturated rings. The Morgan fingerprint density at radius 3 is 2.71 bits per heavy atom. The van der Waals surface area contributed by atoms with Crippen molar-refractivity contribution in [1.29, 1.82) is 0 Å². The smallest absolute Gasteiger partial charge is 0.123 e. The molecule has 2 heteroatoms. The Balaban J connectivity index is 1.68. The number of aryl methyl sites for hydroxylation is 1. The van der Waals surface area contributed by atoms with Crippen LogP contribution in [0.4, 0.5) is 0 Å². The van der Waals surface area contributed by atoms with Gasteiger partial charge in [0.25, 0.3) is 0 Å². The van der Waals surface area contributed by atoms with E-state index >= 15 is 0 Å². The monoisotopic (exact) mass is 289 g/mol. The largest absolute Gasteiger partial charge is 0.492 e. The van der Waals surface area contributed by atoms with Gasteiger partial charge in [-0.15, -0.1) is 0 Å². The van der Waals surface area contributed by atoms with Crippen molar-refractivity contribution in [2.45, 2.75) is 64.7 Å². The van der Waals surface area contributed by atoms with Gasteiger partial charge < -0.3 is 10.1 Å². The predicted octanol–water partition coefficient (Wildman–Crippen LogP) is 4.46. The van der Waals surface area contributed by atoms with Gasteiger partial charge in [-0.2, -0.15) is 0 Å². The minimum atomic E-state index is 0.177. The first kappa shape index (κ1) is 16.4. The summed E-state index contributed by atoms with van der Waals surface area (Å²) in [6.45, 7) is 9.91. The van der Waals surface area contributed by atoms with Gasteiger partial charge >= 0.3 is 0 Å². The molecule has 0 radical (unpaired) electrons. The van der Waals surface area contributed by atoms with Gasteiger partial charge in [-0.1, -0.05) is 45.7 Å². The van der Waals surface area contributed by atoms with Gasteiger partial charge in [-0.3, -0.25) is 0 Å². The quantitative estimate of drug-likeness (QED) is 0.678. The Labute approximate surface area is 130 Å². The fraction of sp³-hybridized carbons (Fsp3) is 0.684. The first-order valence-corrected chi connectivity index (χ1v) is 8.60. The van der Waals surface area contributed by atoms with Gasteiger partial charge in [0.2, 0.25) is 0 Å². The van der Waals surface area contributed by atoms with E-state index in [1.54, 1.807) is 0 Å². The van der Waals surface area contributed by atoms with Crippen molar-refractivity contribution in [2.24, 2.45) is 0 Å². The number of fused-ring (bicyclic) bond motifs is 1. The number of unbranched alkanes of at least 4 members (excludes halogenated alkanes) is 3. The molecule has 0 amide bonds. The van der Waals surface area contributed by atoms with E-state index in [1.165, 1.54) is 56.2 Å². The van der Waals surface area contributed by atoms with Gasteiger partial charge in [0.15, 0.2) is 0 Å². The van der Waals surface area contributed by atoms with Crippen molar-refractivity contribution in [3.05, 3.63) is 29.3 Å². The van der Waals surface area contributed by atoms with Crippen LogP contribution in [0.5, 0.6) is 5.75 Å². The molecule has 21 heavy (non-hydrogen) atoms. The second-order valence-electron chi connectivity index (χ2n) is 6.92. The summed E-state index contributed by atoms with van der Waals surface area (Å²) in [4.78, 5) is 0. The van der Waals surface area contributed by atoms with Crippen LogP contribution < -0.4 is 10.1 Å². The standard InChI is InChI=1S/C19H31NO/c1-4-12-20-13-8-6-5-7-9-16-10-11-18-17(14-16)19(2,3)15-21-18/h10-11,14,20H,4-9,12-13,15H2,1-3H3. The molecule has 0 aliphatic carbocycles. The van der Waals surface area contributed by atoms with E-state index in [1.807, 2.05) is 0 Å². The third-order valence-corrected chi connectivity index (χ3v) is 4.36. The lowest BCUT2D eigenvalue weighted by Gasteiger charge is -2.15. The van der Waals surface area contributed by atoms with Crippen LogP contribution in [-0.4, -0.2) is 19.7 Å². The van der Waals surface area contributed by atoms with Gasteiger partial charge in [0.1, 0.15) is 5.75 Å². The molecule has 0 unspecified atom stereocenters. The average molecular weight is 289 g/mol. The molecular weight excluding hydrogens is 258 g/mol. The molecule has 1 aromatic carbocycles. The van der Waals surface area contributed by atoms with E-state index in [-0.39, 0.29) is 5.41 Å². The Hall–Kier alpha value is -1.02. The topological polar surface area (TPSA) is 21.3 Å². The van der Waals surface area contributed by atoms with Crippen LogP contribution in [0.15, 0.2) is 18.2 Å². The molecule has 0 bridgehead atoms. The second kappa shape index (κ2) is 7.84. The summed E-state index contributed by atoms with van der Waals surface area (Å²) in [6, 6.07) is 6.77. The molecule has 1 heterocycles. The lowest BCUT2D eigenvalue weighted by molar-refractivity contribution is 0.291. The SMILES string of the molecule is CCCNCCCCCCc1ccc2c(c1)C(C)(C)CO2. The van der Waals surface area contributed by atoms with Gasteiger partial charge in [-0.05, 0) is 50.4 Å². The summed E-state index contributed by atoms with van der Waals surface area (Å²) in [5, 5.41) is 3.47. The van der Waals surface area contributed by atoms with Crippen LogP contribution in [0.3, 0.4) is 0 Å². The Morgan fingerprint density at radius 2 is 1.90 bits per heavy atom. The maximum Gasteiger partial charge on any atom is 0.123 e. The Morgan fingerprint density at radius 1 is 1.10 bits per heavy atom. The summed E-state index contributed by atoms with van der Waals surface area (Å²) >= 11 is 0. The number of ether oxygens (including phenoxy) is 1. The number of hydrogen-bond donors (Lipinski definition) is 1. The van der Waals surface area contributed by atoms with Crippen molar-refractivity contribution in [1.82, 2.24) is 5.32 Å². The number of nitrogens with one attached hydrogen (secondary N) is 1. The third-order valence-electron chi connectivity index (χ3n) is 4.36. The normalized spacial score (nSPS) is 15.8. The number of rotatable bonds is 9. The van der Waals surface area contributed by atoms with Gasteiger partial charge in [-0.25, -0.2) is 0 Å². The Bertz CT molecular complexity index is 439. The molecule has 1 aromatic rings. The second-order valence-corrected chi connectivity index (χ2v) is 6.92. The summed E-state index contributed by atoms with van der Waals surface area (Å²) in [5.41, 5.74) is 3.04. The molecule has 2 nitrogen and oxygen atoms in total. The summed E-state index contributed by atoms with van der Waals surface area (Å²) in [6.07, 6.45) is 7.73. The van der Waals surface area contributed by atoms with Crippen molar-refractivity contribution < 1.29 is 4.74 Å². The van der Waals surface area contributed by atoms with Crippen molar-refractivity contribution in [3.8, 4) is 5.75 Å². The van der Waals surface area contributed by atoms with Crippen LogP contribution in [0.1, 0.15) is 64.0 Å². The van der Waals surface area contributed by atoms with E-state index in [4.69, 9.17) is 4.74 Å². The fourth-order valence-corrected chi connectivity index (χ4v) is 2.96. The van der Waals surface area contributed by atoms with E-state index in [2.05, 4.69) is 44.3 Å². The third kappa shape index (κ3) is 4.74. The molecule has 0 aromatic heterocycles. The average Bonchev–Trinajstić information content (AvgIpc) is 2.77. The first-order valence-electron chi connectivity index (χ1n) is 8.60. The van der Waals surface area contributed by atoms with Crippen molar-refractivity contribution in [3.63, 3.8) is 0 Å². The lowest BCUT2D eigenvalue weighted by Crippen LogP contribution is -2.18. The highest BCUT2D eigenvalue weighted by molar-refractivity contribution is 5.45. The van der Waals surface area contributed by atoms with E-state index in [0.29, 0.717) is 0 Å². The zero-order chi connectivity index (χ0) is 15.1. The van der Waals surface area contributed by atoms with Crippen LogP contribution >= 0.6 is 0 Å². The molecule has 0 spiro atoms. The number of hydrogen-bond acceptors (Lipinski definition) is 2. The highest BCUT2D eigenvalue weighted by Gasteiger charge is 2.31. The summed E-state index contributed by atoms with van der Waals surface area (Å²) in [7, 11) is 0. The maximum absolute atomic E-state index is 5.75. The van der Waals surface area contributed by atoms with E-state index in [9.17, 15) is 0 Å². The van der Waals surface area contributed by atoms with Crippen LogP contribution in [-0.2, 0) is 11.8 Å². The molecule has 118 valence electrons. The molecule has 0 atom stereocenters. The van der Waals surface area contributed by atoms with Crippen LogP contribution in [0.25, 0.3) is 0 Å². The highest BCUT2D eigenvalue weighted by atomic mass is 16.5. The highest BCUT2D eigenvalue weighted by Crippen LogP contribution is 2.38. The predicted molar refractivity (Wildman–Crippen MR) is 90.3 cm³/mol. The molecule has 1 aliphatic heterocycles. The minimum absolute atomic E-state index is 0.177. The van der Waals surface area contributed by atoms with E-state index < -0.39 is 0 Å². The zero-order valence-electron chi connectivity index (χ0n) is 14.0. The minimum Gasteiger partial charge on any atom is -0.492 e. The summed E-state index contributed by atoms with van der Waals surface area (Å²) < 4.78 is 5.75. The first-order chi connectivity index (χ1) is 10.1. The van der Waals surface area contributed by atoms with Crippen LogP contribution in [0.2, 0.25) is 0 Å². The maximum atomic E-state index is 5.75. The van der Waals surface area contributed by atoms with Crippen molar-refractivity contribution >= 4 is 0 Å². The molecular formula is C19H31NO. The molecule has 1 aliphatic rings. The summed E-state index contributed by atoms with van der Waals surface area (Å²) in [5.74, 6) is 1.09. The molecule has 0 saturated heterocycles. The zero-order valence-corrected chi connectivity index (χ0v) is 14.0. The molecule has 1 N–H and O–H groups in total. The lowest BCUT2D eigenvalue weighted by atomic mass is 9.85. The van der Waals surface area contributed by atoms with Crippen molar-refractivity contribution in [2.75, 3.05) is 19.7 Å². The molecule has 0 saturated carbocycles. The number of benzene rings is 1. The van der Waals surface area contributed by atoms with E-state index in [0.717, 1.165) is 18.9 Å². The Kier molecular flexibility index (Phi) is 6.10. The van der Waals surface area contributed by atoms with Gasteiger partial charge in [0.05, 0.1) is 6.61 Å². The van der Waals surface area contributed by atoms with Gasteiger partial charge in [0, 0.05) is 11.0 Å².